The van der Waals surface area contributed by atoms with E-state index in [1.807, 2.05) is 0 Å². The van der Waals surface area contributed by atoms with Gasteiger partial charge in [0.15, 0.2) is 11.6 Å². The van der Waals surface area contributed by atoms with Gasteiger partial charge in [-0.2, -0.15) is 0 Å². The third-order valence-electron chi connectivity index (χ3n) is 1.74. The van der Waals surface area contributed by atoms with Gasteiger partial charge in [0.25, 0.3) is 0 Å². The summed E-state index contributed by atoms with van der Waals surface area (Å²) in [7, 11) is 0. The van der Waals surface area contributed by atoms with Gasteiger partial charge in [-0.25, -0.2) is 4.39 Å². The number of halogens is 3. The molecule has 6 heteroatoms. The van der Waals surface area contributed by atoms with Crippen LogP contribution in [0.15, 0.2) is 12.1 Å². The van der Waals surface area contributed by atoms with Crippen LogP contribution in [0, 0.1) is 5.82 Å². The van der Waals surface area contributed by atoms with Crippen molar-refractivity contribution in [1.29, 1.82) is 0 Å². The van der Waals surface area contributed by atoms with Gasteiger partial charge in [0.2, 0.25) is 0 Å². The fourth-order valence-corrected chi connectivity index (χ4v) is 1.32. The van der Waals surface area contributed by atoms with E-state index >= 15 is 0 Å². The van der Waals surface area contributed by atoms with Crippen molar-refractivity contribution < 1.29 is 9.50 Å². The summed E-state index contributed by atoms with van der Waals surface area (Å²) in [5, 5.41) is 9.50. The van der Waals surface area contributed by atoms with Crippen molar-refractivity contribution >= 4 is 24.0 Å². The molecule has 14 heavy (non-hydrogen) atoms. The lowest BCUT2D eigenvalue weighted by Gasteiger charge is -2.13. The first-order chi connectivity index (χ1) is 6.07. The minimum absolute atomic E-state index is 0. The van der Waals surface area contributed by atoms with Gasteiger partial charge in [0, 0.05) is 23.2 Å². The maximum atomic E-state index is 12.9. The lowest BCUT2D eigenvalue weighted by molar-refractivity contribution is 0.421. The summed E-state index contributed by atoms with van der Waals surface area (Å²) in [6.45, 7) is 0.0940. The number of aromatic hydroxyl groups is 1. The van der Waals surface area contributed by atoms with E-state index in [-0.39, 0.29) is 29.5 Å². The van der Waals surface area contributed by atoms with E-state index < -0.39 is 17.6 Å². The van der Waals surface area contributed by atoms with E-state index in [0.717, 1.165) is 6.07 Å². The summed E-state index contributed by atoms with van der Waals surface area (Å²) in [5.74, 6) is -1.27. The summed E-state index contributed by atoms with van der Waals surface area (Å²) in [5.41, 5.74) is 11.0. The van der Waals surface area contributed by atoms with Gasteiger partial charge in [-0.15, -0.1) is 12.4 Å². The topological polar surface area (TPSA) is 72.3 Å². The standard InChI is InChI=1S/C8H10ClFN2O.ClH/c9-4-1-2-5(10)8(13)7(4)6(12)3-11;/h1-2,6,13H,3,11-12H2;1H/t6-;/m0./s1. The highest BCUT2D eigenvalue weighted by Crippen LogP contribution is 2.32. The minimum atomic E-state index is -0.747. The molecule has 0 unspecified atom stereocenters. The van der Waals surface area contributed by atoms with Gasteiger partial charge < -0.3 is 16.6 Å². The molecule has 0 saturated heterocycles. The zero-order valence-corrected chi connectivity index (χ0v) is 8.78. The number of phenols is 1. The van der Waals surface area contributed by atoms with Gasteiger partial charge in [-0.05, 0) is 12.1 Å². The van der Waals surface area contributed by atoms with Crippen LogP contribution in [0.2, 0.25) is 5.02 Å². The molecule has 0 amide bonds. The van der Waals surface area contributed by atoms with Crippen molar-refractivity contribution in [3.05, 3.63) is 28.5 Å². The average Bonchev–Trinajstić information content (AvgIpc) is 2.12. The second-order valence-electron chi connectivity index (χ2n) is 2.63. The SMILES string of the molecule is Cl.NC[C@H](N)c1c(Cl)ccc(F)c1O. The Morgan fingerprint density at radius 3 is 2.57 bits per heavy atom. The third-order valence-corrected chi connectivity index (χ3v) is 2.07. The molecule has 0 aliphatic rings. The van der Waals surface area contributed by atoms with Crippen molar-refractivity contribution in [2.45, 2.75) is 6.04 Å². The molecule has 0 aliphatic heterocycles. The summed E-state index contributed by atoms with van der Waals surface area (Å²) in [4.78, 5) is 0. The van der Waals surface area contributed by atoms with Gasteiger partial charge in [-0.1, -0.05) is 11.6 Å². The Bertz CT molecular complexity index is 322. The second-order valence-corrected chi connectivity index (χ2v) is 3.04. The number of nitrogens with two attached hydrogens (primary N) is 2. The quantitative estimate of drug-likeness (QED) is 0.735. The molecule has 3 nitrogen and oxygen atoms in total. The molecule has 0 spiro atoms. The molecular weight excluding hydrogens is 230 g/mol. The van der Waals surface area contributed by atoms with Crippen molar-refractivity contribution in [2.75, 3.05) is 6.54 Å². The first kappa shape index (κ1) is 13.4. The monoisotopic (exact) mass is 240 g/mol. The van der Waals surface area contributed by atoms with E-state index in [1.165, 1.54) is 6.07 Å². The molecule has 0 aromatic heterocycles. The van der Waals surface area contributed by atoms with Crippen LogP contribution in [0.4, 0.5) is 4.39 Å². The summed E-state index contributed by atoms with van der Waals surface area (Å²) < 4.78 is 12.9. The van der Waals surface area contributed by atoms with Crippen LogP contribution in [-0.2, 0) is 0 Å². The molecule has 0 fully saturated rings. The molecule has 0 aliphatic carbocycles. The predicted octanol–water partition coefficient (Wildman–Crippen LogP) is 1.56. The van der Waals surface area contributed by atoms with Crippen molar-refractivity contribution in [3.63, 3.8) is 0 Å². The summed E-state index contributed by atoms with van der Waals surface area (Å²) in [6, 6.07) is 1.76. The molecule has 0 bridgehead atoms. The van der Waals surface area contributed by atoms with Crippen LogP contribution in [0.5, 0.6) is 5.75 Å². The smallest absolute Gasteiger partial charge is 0.165 e. The molecule has 1 aromatic carbocycles. The van der Waals surface area contributed by atoms with E-state index in [0.29, 0.717) is 0 Å². The zero-order valence-electron chi connectivity index (χ0n) is 7.21. The van der Waals surface area contributed by atoms with Gasteiger partial charge in [-0.3, -0.25) is 0 Å². The largest absolute Gasteiger partial charge is 0.505 e. The minimum Gasteiger partial charge on any atom is -0.505 e. The van der Waals surface area contributed by atoms with E-state index in [2.05, 4.69) is 0 Å². The molecular formula is C8H11Cl2FN2O. The molecule has 0 heterocycles. The Kier molecular flexibility index (Phi) is 5.15. The predicted molar refractivity (Wildman–Crippen MR) is 56.3 cm³/mol. The number of benzene rings is 1. The normalized spacial score (nSPS) is 12.0. The van der Waals surface area contributed by atoms with Crippen molar-refractivity contribution in [2.24, 2.45) is 11.5 Å². The average molecular weight is 241 g/mol. The van der Waals surface area contributed by atoms with E-state index in [4.69, 9.17) is 23.1 Å². The Morgan fingerprint density at radius 1 is 1.50 bits per heavy atom. The fraction of sp³-hybridized carbons (Fsp3) is 0.250. The first-order valence-electron chi connectivity index (χ1n) is 3.70. The van der Waals surface area contributed by atoms with Gasteiger partial charge in [0.1, 0.15) is 0 Å². The highest BCUT2D eigenvalue weighted by atomic mass is 35.5. The van der Waals surface area contributed by atoms with Crippen LogP contribution in [-0.4, -0.2) is 11.7 Å². The zero-order chi connectivity index (χ0) is 10.0. The summed E-state index contributed by atoms with van der Waals surface area (Å²) in [6.07, 6.45) is 0. The first-order valence-corrected chi connectivity index (χ1v) is 4.08. The molecule has 1 aromatic rings. The molecule has 80 valence electrons. The van der Waals surface area contributed by atoms with Crippen molar-refractivity contribution in [3.8, 4) is 5.75 Å². The molecule has 1 rings (SSSR count). The van der Waals surface area contributed by atoms with Crippen LogP contribution >= 0.6 is 24.0 Å². The fourth-order valence-electron chi connectivity index (χ4n) is 1.03. The van der Waals surface area contributed by atoms with Crippen LogP contribution in [0.3, 0.4) is 0 Å². The molecule has 0 radical (unpaired) electrons. The van der Waals surface area contributed by atoms with E-state index in [9.17, 15) is 9.50 Å². The Labute approximate surface area is 92.3 Å². The summed E-state index contributed by atoms with van der Waals surface area (Å²) >= 11 is 5.71. The lowest BCUT2D eigenvalue weighted by atomic mass is 10.1. The van der Waals surface area contributed by atoms with Crippen molar-refractivity contribution in [1.82, 2.24) is 0 Å². The highest BCUT2D eigenvalue weighted by molar-refractivity contribution is 6.31. The Balaban J connectivity index is 0.00000169. The number of hydrogen-bond donors (Lipinski definition) is 3. The van der Waals surface area contributed by atoms with Crippen LogP contribution in [0.25, 0.3) is 0 Å². The van der Waals surface area contributed by atoms with Crippen LogP contribution in [0.1, 0.15) is 11.6 Å². The van der Waals surface area contributed by atoms with Gasteiger partial charge >= 0.3 is 0 Å². The number of hydrogen-bond acceptors (Lipinski definition) is 3. The maximum absolute atomic E-state index is 12.9. The number of rotatable bonds is 2. The Hall–Kier alpha value is -0.550. The molecule has 5 N–H and O–H groups in total. The molecule has 1 atom stereocenters. The third kappa shape index (κ3) is 2.48. The Morgan fingerprint density at radius 2 is 2.07 bits per heavy atom. The highest BCUT2D eigenvalue weighted by Gasteiger charge is 2.16. The lowest BCUT2D eigenvalue weighted by Crippen LogP contribution is -2.21. The maximum Gasteiger partial charge on any atom is 0.165 e. The second kappa shape index (κ2) is 5.36. The van der Waals surface area contributed by atoms with Crippen LogP contribution < -0.4 is 11.5 Å². The van der Waals surface area contributed by atoms with E-state index in [1.54, 1.807) is 0 Å². The number of phenolic OH excluding ortho intramolecular Hbond substituents is 1. The van der Waals surface area contributed by atoms with Gasteiger partial charge in [0.05, 0.1) is 0 Å². The molecule has 0 saturated carbocycles.